The number of Topliss-reactive ketones (excluding diaryl/α,β-unsaturated/α-hetero) is 2. The molecule has 2 unspecified atom stereocenters. The number of carbonyl (C=O) groups excluding carboxylic acids is 4. The van der Waals surface area contributed by atoms with Crippen LogP contribution in [0.1, 0.15) is 92.8 Å². The molecule has 336 valence electrons. The summed E-state index contributed by atoms with van der Waals surface area (Å²) in [6, 6.07) is 14.9. The van der Waals surface area contributed by atoms with E-state index in [4.69, 9.17) is 21.1 Å². The van der Waals surface area contributed by atoms with Crippen LogP contribution in [0.15, 0.2) is 54.7 Å². The van der Waals surface area contributed by atoms with Crippen LogP contribution < -0.4 is 15.4 Å². The van der Waals surface area contributed by atoms with Gasteiger partial charge in [-0.1, -0.05) is 60.0 Å². The maximum absolute atomic E-state index is 13.5. The molecule has 3 N–H and O–H groups in total. The molecule has 0 radical (unpaired) electrons. The number of fused-ring (bicyclic) bond motifs is 2. The number of ether oxygens (including phenoxy) is 2. The second-order valence-corrected chi connectivity index (χ2v) is 17.3. The number of carboxylic acid groups (broad SMARTS) is 1. The van der Waals surface area contributed by atoms with Gasteiger partial charge in [-0.3, -0.25) is 34.1 Å². The fourth-order valence-corrected chi connectivity index (χ4v) is 9.52. The summed E-state index contributed by atoms with van der Waals surface area (Å²) in [6.07, 6.45) is 6.85. The number of morpholine rings is 1. The predicted molar refractivity (Wildman–Crippen MR) is 241 cm³/mol. The molecule has 15 nitrogen and oxygen atoms in total. The SMILES string of the molecule is Cc1cc(OCCCc2c(C(=O)O)n(CCN3CCOCC3)c3c(-c4cn(CCCCCCNc5cccc6c5C(=O)C(C5CCC(=O)NC5=O)C6=O)nn4)cccc23)cc(C)c1Cl. The van der Waals surface area contributed by atoms with Gasteiger partial charge >= 0.3 is 5.97 Å². The van der Waals surface area contributed by atoms with Crippen LogP contribution >= 0.6 is 11.6 Å². The third-order valence-corrected chi connectivity index (χ3v) is 13.2. The van der Waals surface area contributed by atoms with Gasteiger partial charge in [-0.15, -0.1) is 5.10 Å². The standard InChI is InChI=1S/C48H54ClN7O8/c1-29-26-31(27-30(2)42(29)49)64-23-9-13-33-32-10-7-11-34(43(32)56(44(33)48(61)62)20-19-54-21-24-63-25-22-54)38-28-55(53-52-38)18-6-4-3-5-17-50-37-14-8-12-35-40(37)46(59)41(45(35)58)36-15-16-39(57)51-47(36)60/h7-8,10-12,14,26-28,36,41,50H,3-6,9,13,15-25H2,1-2H3,(H,61,62)(H,51,57,60). The Balaban J connectivity index is 0.902. The van der Waals surface area contributed by atoms with E-state index in [-0.39, 0.29) is 36.0 Å². The van der Waals surface area contributed by atoms with Crippen LogP contribution in [0, 0.1) is 25.7 Å². The predicted octanol–water partition coefficient (Wildman–Crippen LogP) is 6.93. The molecule has 3 aromatic carbocycles. The number of carboxylic acids is 1. The Labute approximate surface area is 376 Å². The van der Waals surface area contributed by atoms with Crippen LogP contribution in [0.25, 0.3) is 22.2 Å². The largest absolute Gasteiger partial charge is 0.494 e. The fraction of sp³-hybridized carbons (Fsp3) is 0.438. The lowest BCUT2D eigenvalue weighted by atomic mass is 9.82. The van der Waals surface area contributed by atoms with Crippen LogP contribution in [-0.4, -0.2) is 105 Å². The molecule has 2 aliphatic heterocycles. The molecule has 2 atom stereocenters. The van der Waals surface area contributed by atoms with Crippen molar-refractivity contribution in [2.24, 2.45) is 11.8 Å². The first-order chi connectivity index (χ1) is 31.0. The molecule has 0 spiro atoms. The van der Waals surface area contributed by atoms with Gasteiger partial charge in [0.15, 0.2) is 11.6 Å². The van der Waals surface area contributed by atoms with Crippen molar-refractivity contribution in [3.63, 3.8) is 0 Å². The van der Waals surface area contributed by atoms with Gasteiger partial charge in [-0.05, 0) is 80.8 Å². The summed E-state index contributed by atoms with van der Waals surface area (Å²) in [5.74, 6) is -3.87. The van der Waals surface area contributed by atoms with Crippen molar-refractivity contribution in [2.75, 3.05) is 51.3 Å². The smallest absolute Gasteiger partial charge is 0.352 e. The summed E-state index contributed by atoms with van der Waals surface area (Å²) >= 11 is 6.37. The Bertz CT molecular complexity index is 2570. The number of aromatic nitrogens is 4. The number of nitrogens with one attached hydrogen (secondary N) is 2. The quantitative estimate of drug-likeness (QED) is 0.0442. The number of hydrogen-bond acceptors (Lipinski definition) is 11. The Kier molecular flexibility index (Phi) is 13.9. The number of ketones is 2. The second kappa shape index (κ2) is 19.9. The first kappa shape index (κ1) is 44.7. The number of aryl methyl sites for hydroxylation is 4. The molecule has 4 heterocycles. The molecule has 2 fully saturated rings. The number of benzene rings is 3. The van der Waals surface area contributed by atoms with Crippen LogP contribution in [0.2, 0.25) is 5.02 Å². The second-order valence-electron chi connectivity index (χ2n) is 17.0. The van der Waals surface area contributed by atoms with E-state index in [1.165, 1.54) is 0 Å². The molecular weight excluding hydrogens is 838 g/mol. The van der Waals surface area contributed by atoms with Crippen molar-refractivity contribution in [3.05, 3.63) is 93.3 Å². The molecule has 2 aromatic heterocycles. The number of halogens is 1. The molecule has 0 saturated carbocycles. The van der Waals surface area contributed by atoms with E-state index in [0.29, 0.717) is 81.3 Å². The molecule has 8 rings (SSSR count). The zero-order chi connectivity index (χ0) is 44.9. The number of aromatic carboxylic acids is 1. The number of hydrogen-bond donors (Lipinski definition) is 3. The highest BCUT2D eigenvalue weighted by atomic mass is 35.5. The van der Waals surface area contributed by atoms with Crippen molar-refractivity contribution in [3.8, 4) is 17.0 Å². The van der Waals surface area contributed by atoms with E-state index in [1.807, 2.05) is 59.6 Å². The number of unbranched alkanes of at least 4 members (excludes halogenated alkanes) is 3. The van der Waals surface area contributed by atoms with Crippen molar-refractivity contribution in [1.29, 1.82) is 0 Å². The molecule has 64 heavy (non-hydrogen) atoms. The van der Waals surface area contributed by atoms with Gasteiger partial charge in [-0.2, -0.15) is 0 Å². The Morgan fingerprint density at radius 1 is 0.938 bits per heavy atom. The summed E-state index contributed by atoms with van der Waals surface area (Å²) in [7, 11) is 0. The Morgan fingerprint density at radius 2 is 1.69 bits per heavy atom. The molecule has 2 amide bonds. The van der Waals surface area contributed by atoms with Crippen LogP contribution in [0.5, 0.6) is 5.75 Å². The van der Waals surface area contributed by atoms with E-state index < -0.39 is 23.7 Å². The third kappa shape index (κ3) is 9.47. The van der Waals surface area contributed by atoms with Gasteiger partial charge in [0.2, 0.25) is 11.8 Å². The number of rotatable bonds is 19. The molecule has 3 aliphatic rings. The van der Waals surface area contributed by atoms with Crippen molar-refractivity contribution < 1.29 is 38.6 Å². The van der Waals surface area contributed by atoms with Gasteiger partial charge in [0.05, 0.1) is 48.9 Å². The Hall–Kier alpha value is -5.90. The maximum Gasteiger partial charge on any atom is 0.352 e. The van der Waals surface area contributed by atoms with Crippen molar-refractivity contribution in [1.82, 2.24) is 29.8 Å². The zero-order valence-electron chi connectivity index (χ0n) is 36.3. The molecule has 1 aliphatic carbocycles. The topological polar surface area (TPSA) is 187 Å². The molecule has 5 aromatic rings. The van der Waals surface area contributed by atoms with Crippen LogP contribution in [0.4, 0.5) is 5.69 Å². The highest BCUT2D eigenvalue weighted by Gasteiger charge is 2.48. The normalized spacial score (nSPS) is 17.9. The average Bonchev–Trinajstić information content (AvgIpc) is 3.96. The molecule has 0 bridgehead atoms. The summed E-state index contributed by atoms with van der Waals surface area (Å²) in [6.45, 7) is 9.61. The summed E-state index contributed by atoms with van der Waals surface area (Å²) in [5, 5.41) is 27.0. The minimum Gasteiger partial charge on any atom is -0.494 e. The number of piperidine rings is 1. The first-order valence-corrected chi connectivity index (χ1v) is 22.6. The maximum atomic E-state index is 13.5. The fourth-order valence-electron chi connectivity index (χ4n) is 9.42. The van der Waals surface area contributed by atoms with Gasteiger partial charge in [0.25, 0.3) is 0 Å². The molecular formula is C48H54ClN7O8. The summed E-state index contributed by atoms with van der Waals surface area (Å²) in [4.78, 5) is 66.4. The minimum atomic E-state index is -1.10. The molecule has 2 saturated heterocycles. The van der Waals surface area contributed by atoms with Gasteiger partial charge < -0.3 is 24.5 Å². The number of imide groups is 1. The minimum absolute atomic E-state index is 0.106. The lowest BCUT2D eigenvalue weighted by molar-refractivity contribution is -0.137. The van der Waals surface area contributed by atoms with Gasteiger partial charge in [0, 0.05) is 72.9 Å². The molecule has 16 heteroatoms. The van der Waals surface area contributed by atoms with E-state index in [9.17, 15) is 29.1 Å². The van der Waals surface area contributed by atoms with E-state index in [2.05, 4.69) is 25.8 Å². The first-order valence-electron chi connectivity index (χ1n) is 22.3. The monoisotopic (exact) mass is 891 g/mol. The lowest BCUT2D eigenvalue weighted by Crippen LogP contribution is -2.46. The Morgan fingerprint density at radius 3 is 2.45 bits per heavy atom. The highest BCUT2D eigenvalue weighted by Crippen LogP contribution is 2.39. The number of carbonyl (C=O) groups is 5. The third-order valence-electron chi connectivity index (χ3n) is 12.7. The van der Waals surface area contributed by atoms with Gasteiger partial charge in [-0.25, -0.2) is 4.79 Å². The van der Waals surface area contributed by atoms with E-state index in [1.54, 1.807) is 18.2 Å². The average molecular weight is 892 g/mol. The summed E-state index contributed by atoms with van der Waals surface area (Å²) < 4.78 is 15.5. The highest BCUT2D eigenvalue weighted by molar-refractivity contribution is 6.32. The number of anilines is 1. The van der Waals surface area contributed by atoms with Crippen molar-refractivity contribution in [2.45, 2.75) is 78.3 Å². The van der Waals surface area contributed by atoms with Gasteiger partial charge in [0.1, 0.15) is 17.1 Å². The zero-order valence-corrected chi connectivity index (χ0v) is 37.0. The van der Waals surface area contributed by atoms with Crippen molar-refractivity contribution >= 4 is 57.5 Å². The van der Waals surface area contributed by atoms with Crippen LogP contribution in [0.3, 0.4) is 0 Å². The summed E-state index contributed by atoms with van der Waals surface area (Å²) in [5.41, 5.74) is 6.49. The van der Waals surface area contributed by atoms with E-state index in [0.717, 1.165) is 82.7 Å². The number of nitrogens with zero attached hydrogens (tertiary/aromatic N) is 5. The number of para-hydroxylation sites is 1. The lowest BCUT2D eigenvalue weighted by Gasteiger charge is -2.27. The van der Waals surface area contributed by atoms with E-state index >= 15 is 0 Å². The van der Waals surface area contributed by atoms with Crippen LogP contribution in [-0.2, 0) is 33.8 Å². The number of amides is 2.